The van der Waals surface area contributed by atoms with Crippen LogP contribution in [-0.4, -0.2) is 54.9 Å². The summed E-state index contributed by atoms with van der Waals surface area (Å²) in [6, 6.07) is 5.47. The van der Waals surface area contributed by atoms with E-state index in [-0.39, 0.29) is 17.3 Å². The van der Waals surface area contributed by atoms with Gasteiger partial charge in [0.1, 0.15) is 0 Å². The van der Waals surface area contributed by atoms with Crippen LogP contribution in [0, 0.1) is 0 Å². The molecule has 0 unspecified atom stereocenters. The van der Waals surface area contributed by atoms with Crippen molar-refractivity contribution in [3.05, 3.63) is 45.2 Å². The zero-order valence-electron chi connectivity index (χ0n) is 17.2. The summed E-state index contributed by atoms with van der Waals surface area (Å²) in [5.41, 5.74) is 9.47. The van der Waals surface area contributed by atoms with E-state index in [1.807, 2.05) is 0 Å². The molecule has 32 heavy (non-hydrogen) atoms. The number of anilines is 1. The highest BCUT2D eigenvalue weighted by atomic mass is 35.5. The van der Waals surface area contributed by atoms with Crippen LogP contribution < -0.4 is 11.2 Å². The molecule has 1 aliphatic rings. The van der Waals surface area contributed by atoms with Crippen molar-refractivity contribution in [2.24, 2.45) is 5.10 Å². The Morgan fingerprint density at radius 3 is 2.97 bits per heavy atom. The van der Waals surface area contributed by atoms with Gasteiger partial charge in [0.05, 0.1) is 22.0 Å². The van der Waals surface area contributed by atoms with Crippen molar-refractivity contribution in [1.82, 2.24) is 35.6 Å². The normalized spacial score (nSPS) is 17.2. The molecule has 1 atom stereocenters. The molecule has 0 saturated carbocycles. The molecule has 0 bridgehead atoms. The maximum atomic E-state index is 12.9. The molecule has 3 N–H and O–H groups in total. The molecule has 4 rings (SSSR count). The van der Waals surface area contributed by atoms with Crippen molar-refractivity contribution in [2.75, 3.05) is 12.3 Å². The van der Waals surface area contributed by atoms with E-state index in [0.29, 0.717) is 33.9 Å². The molecule has 1 amide bonds. The second-order valence-electron chi connectivity index (χ2n) is 7.43. The number of hydrazone groups is 1. The van der Waals surface area contributed by atoms with E-state index >= 15 is 0 Å². The molecule has 3 aromatic rings. The maximum Gasteiger partial charge on any atom is 0.293 e. The minimum atomic E-state index is -0.541. The van der Waals surface area contributed by atoms with Crippen molar-refractivity contribution in [3.8, 4) is 5.82 Å². The number of nitrogens with zero attached hydrogens (tertiary/aromatic N) is 7. The summed E-state index contributed by atoms with van der Waals surface area (Å²) in [5, 5.41) is 20.2. The lowest BCUT2D eigenvalue weighted by atomic mass is 10.0. The minimum Gasteiger partial charge on any atom is -0.378 e. The Morgan fingerprint density at radius 1 is 1.38 bits per heavy atom. The number of rotatable bonds is 6. The number of aromatic nitrogens is 5. The molecular formula is C19H21Cl2N9O2. The molecule has 168 valence electrons. The van der Waals surface area contributed by atoms with Gasteiger partial charge in [-0.2, -0.15) is 9.78 Å². The van der Waals surface area contributed by atoms with Gasteiger partial charge in [0, 0.05) is 18.2 Å². The highest BCUT2D eigenvalue weighted by Gasteiger charge is 2.28. The molecule has 2 aromatic heterocycles. The Kier molecular flexibility index (Phi) is 6.68. The van der Waals surface area contributed by atoms with Gasteiger partial charge in [-0.25, -0.2) is 10.1 Å². The molecule has 0 aliphatic carbocycles. The zero-order valence-corrected chi connectivity index (χ0v) is 18.7. The summed E-state index contributed by atoms with van der Waals surface area (Å²) >= 11 is 12.2. The van der Waals surface area contributed by atoms with E-state index in [2.05, 4.69) is 43.0 Å². The van der Waals surface area contributed by atoms with Crippen molar-refractivity contribution >= 4 is 41.1 Å². The second-order valence-corrected chi connectivity index (χ2v) is 8.21. The Labute approximate surface area is 193 Å². The van der Waals surface area contributed by atoms with Crippen molar-refractivity contribution in [3.63, 3.8) is 0 Å². The first-order valence-corrected chi connectivity index (χ1v) is 10.8. The van der Waals surface area contributed by atoms with Crippen LogP contribution in [0.25, 0.3) is 5.82 Å². The number of piperidine rings is 1. The van der Waals surface area contributed by atoms with Crippen LogP contribution in [0.2, 0.25) is 10.0 Å². The van der Waals surface area contributed by atoms with Crippen LogP contribution >= 0.6 is 23.2 Å². The van der Waals surface area contributed by atoms with Crippen LogP contribution in [0.15, 0.2) is 27.9 Å². The number of nitrogen functional groups attached to an aromatic ring is 1. The first-order chi connectivity index (χ1) is 15.5. The van der Waals surface area contributed by atoms with Gasteiger partial charge in [-0.05, 0) is 42.7 Å². The lowest BCUT2D eigenvalue weighted by Gasteiger charge is -2.33. The van der Waals surface area contributed by atoms with Gasteiger partial charge in [-0.15, -0.1) is 5.10 Å². The lowest BCUT2D eigenvalue weighted by Crippen LogP contribution is -2.38. The van der Waals surface area contributed by atoms with Gasteiger partial charge in [-0.1, -0.05) is 47.0 Å². The molecule has 3 heterocycles. The third-order valence-corrected chi connectivity index (χ3v) is 6.15. The summed E-state index contributed by atoms with van der Waals surface area (Å²) in [6.07, 6.45) is 4.72. The average Bonchev–Trinajstić information content (AvgIpc) is 3.38. The number of likely N-dealkylation sites (tertiary alicyclic amines) is 1. The number of carbonyl (C=O) groups is 1. The fraction of sp³-hybridized carbons (Fsp3) is 0.368. The number of amides is 1. The molecular weight excluding hydrogens is 457 g/mol. The number of carbonyl (C=O) groups excluding carboxylic acids is 1. The number of hydrogen-bond donors (Lipinski definition) is 2. The van der Waals surface area contributed by atoms with Gasteiger partial charge in [-0.3, -0.25) is 9.69 Å². The van der Waals surface area contributed by atoms with Gasteiger partial charge in [0.25, 0.3) is 5.91 Å². The Balaban J connectivity index is 1.60. The quantitative estimate of drug-likeness (QED) is 0.407. The molecule has 1 fully saturated rings. The first kappa shape index (κ1) is 22.2. The standard InChI is InChI=1S/C19H21Cl2N9O2/c1-11-5-2-3-8-29(11)10-14-16(24-28-30(14)18-17(22)26-32-27-18)19(31)25-23-9-12-6-4-7-13(20)15(12)21/h4,6-7,9,11H,2-3,5,8,10H2,1H3,(H2,22,26)(H,25,31)/b23-9+/t11-/m1/s1. The van der Waals surface area contributed by atoms with Crippen LogP contribution in [0.4, 0.5) is 5.82 Å². The summed E-state index contributed by atoms with van der Waals surface area (Å²) in [5.74, 6) is -0.325. The van der Waals surface area contributed by atoms with E-state index in [4.69, 9.17) is 33.6 Å². The third kappa shape index (κ3) is 4.59. The zero-order chi connectivity index (χ0) is 22.7. The third-order valence-electron chi connectivity index (χ3n) is 5.32. The van der Waals surface area contributed by atoms with Gasteiger partial charge in [0.2, 0.25) is 11.6 Å². The smallest absolute Gasteiger partial charge is 0.293 e. The van der Waals surface area contributed by atoms with Gasteiger partial charge < -0.3 is 5.73 Å². The lowest BCUT2D eigenvalue weighted by molar-refractivity contribution is 0.0945. The molecule has 13 heteroatoms. The largest absolute Gasteiger partial charge is 0.378 e. The molecule has 1 aliphatic heterocycles. The maximum absolute atomic E-state index is 12.9. The Morgan fingerprint density at radius 2 is 2.22 bits per heavy atom. The van der Waals surface area contributed by atoms with Crippen LogP contribution in [0.1, 0.15) is 47.9 Å². The molecule has 0 spiro atoms. The molecule has 11 nitrogen and oxygen atoms in total. The second kappa shape index (κ2) is 9.63. The summed E-state index contributed by atoms with van der Waals surface area (Å²) in [7, 11) is 0. The predicted octanol–water partition coefficient (Wildman–Crippen LogP) is 2.68. The average molecular weight is 478 g/mol. The number of nitrogens with one attached hydrogen (secondary N) is 1. The predicted molar refractivity (Wildman–Crippen MR) is 119 cm³/mol. The van der Waals surface area contributed by atoms with Crippen molar-refractivity contribution in [2.45, 2.75) is 38.8 Å². The van der Waals surface area contributed by atoms with Gasteiger partial charge >= 0.3 is 0 Å². The van der Waals surface area contributed by atoms with Gasteiger partial charge in [0.15, 0.2) is 5.69 Å². The van der Waals surface area contributed by atoms with E-state index in [9.17, 15) is 4.79 Å². The van der Waals surface area contributed by atoms with Crippen LogP contribution in [-0.2, 0) is 6.54 Å². The number of hydrogen-bond acceptors (Lipinski definition) is 9. The Bertz CT molecular complexity index is 1140. The highest BCUT2D eigenvalue weighted by molar-refractivity contribution is 6.43. The van der Waals surface area contributed by atoms with E-state index in [0.717, 1.165) is 19.4 Å². The number of nitrogens with two attached hydrogens (primary N) is 1. The molecule has 0 radical (unpaired) electrons. The Hall–Kier alpha value is -3.02. The minimum absolute atomic E-state index is 0.0448. The van der Waals surface area contributed by atoms with Crippen LogP contribution in [0.3, 0.4) is 0 Å². The van der Waals surface area contributed by atoms with E-state index < -0.39 is 5.91 Å². The van der Waals surface area contributed by atoms with Crippen molar-refractivity contribution < 1.29 is 9.42 Å². The molecule has 1 saturated heterocycles. The van der Waals surface area contributed by atoms with E-state index in [1.54, 1.807) is 18.2 Å². The van der Waals surface area contributed by atoms with E-state index in [1.165, 1.54) is 17.3 Å². The summed E-state index contributed by atoms with van der Waals surface area (Å²) in [6.45, 7) is 3.47. The molecule has 1 aromatic carbocycles. The summed E-state index contributed by atoms with van der Waals surface area (Å²) < 4.78 is 6.07. The SMILES string of the molecule is C[C@@H]1CCCCN1Cc1c(C(=O)N/N=C/c2cccc(Cl)c2Cl)nnn1-c1nonc1N. The van der Waals surface area contributed by atoms with Crippen LogP contribution in [0.5, 0.6) is 0 Å². The topological polar surface area (TPSA) is 140 Å². The monoisotopic (exact) mass is 477 g/mol. The first-order valence-electron chi connectivity index (χ1n) is 10.00. The number of benzene rings is 1. The summed E-state index contributed by atoms with van der Waals surface area (Å²) in [4.78, 5) is 15.1. The number of halogens is 2. The highest BCUT2D eigenvalue weighted by Crippen LogP contribution is 2.24. The van der Waals surface area contributed by atoms with Crippen molar-refractivity contribution in [1.29, 1.82) is 0 Å². The fourth-order valence-corrected chi connectivity index (χ4v) is 3.90. The fourth-order valence-electron chi connectivity index (χ4n) is 3.55.